The van der Waals surface area contributed by atoms with Gasteiger partial charge in [0.2, 0.25) is 5.89 Å². The molecule has 0 fully saturated rings. The van der Waals surface area contributed by atoms with E-state index in [4.69, 9.17) is 4.42 Å². The maximum atomic E-state index is 12.8. The highest BCUT2D eigenvalue weighted by molar-refractivity contribution is 8.35. The molecule has 0 saturated carbocycles. The molecular weight excluding hydrogens is 349 g/mol. The lowest BCUT2D eigenvalue weighted by atomic mass is 10.2. The minimum absolute atomic E-state index is 0.165. The SMILES string of the molecule is C/N=C\C=C(/CC#CS(C)(C)C)c1nc2cc(C(F)(F)F)ccc2o1. The molecule has 0 saturated heterocycles. The molecule has 0 amide bonds. The number of oxazole rings is 1. The van der Waals surface area contributed by atoms with Gasteiger partial charge in [-0.3, -0.25) is 4.99 Å². The Balaban J connectivity index is 2.41. The van der Waals surface area contributed by atoms with Gasteiger partial charge in [-0.15, -0.1) is 0 Å². The van der Waals surface area contributed by atoms with Gasteiger partial charge < -0.3 is 4.42 Å². The summed E-state index contributed by atoms with van der Waals surface area (Å²) in [4.78, 5) is 8.09. The minimum atomic E-state index is -4.41. The summed E-state index contributed by atoms with van der Waals surface area (Å²) < 4.78 is 44.1. The van der Waals surface area contributed by atoms with Crippen molar-refractivity contribution < 1.29 is 17.6 Å². The third-order valence-corrected chi connectivity index (χ3v) is 3.83. The number of benzene rings is 1. The normalized spacial score (nSPS) is 14.0. The fraction of sp³-hybridized carbons (Fsp3) is 0.333. The van der Waals surface area contributed by atoms with Crippen LogP contribution in [0.15, 0.2) is 33.7 Å². The molecular formula is C18H19F3N2OS. The van der Waals surface area contributed by atoms with Crippen molar-refractivity contribution in [3.63, 3.8) is 0 Å². The molecule has 25 heavy (non-hydrogen) atoms. The second-order valence-electron chi connectivity index (χ2n) is 6.09. The van der Waals surface area contributed by atoms with Crippen LogP contribution in [0.25, 0.3) is 16.7 Å². The molecule has 1 aromatic heterocycles. The highest BCUT2D eigenvalue weighted by Crippen LogP contribution is 2.34. The molecule has 0 aliphatic heterocycles. The average molecular weight is 368 g/mol. The first-order chi connectivity index (χ1) is 11.6. The summed E-state index contributed by atoms with van der Waals surface area (Å²) in [5.41, 5.74) is 0.387. The van der Waals surface area contributed by atoms with E-state index in [2.05, 4.69) is 39.9 Å². The molecule has 0 aliphatic carbocycles. The van der Waals surface area contributed by atoms with Gasteiger partial charge in [0.1, 0.15) is 5.52 Å². The van der Waals surface area contributed by atoms with Gasteiger partial charge in [-0.2, -0.15) is 23.2 Å². The molecule has 134 valence electrons. The molecule has 3 nitrogen and oxygen atoms in total. The summed E-state index contributed by atoms with van der Waals surface area (Å²) in [5.74, 6) is 3.35. The third-order valence-electron chi connectivity index (χ3n) is 3.07. The van der Waals surface area contributed by atoms with Crippen molar-refractivity contribution in [1.29, 1.82) is 0 Å². The van der Waals surface area contributed by atoms with Crippen LogP contribution in [-0.2, 0) is 6.18 Å². The summed E-state index contributed by atoms with van der Waals surface area (Å²) in [5, 5.41) is 3.19. The van der Waals surface area contributed by atoms with Crippen molar-refractivity contribution in [2.45, 2.75) is 12.6 Å². The van der Waals surface area contributed by atoms with Crippen molar-refractivity contribution in [1.82, 2.24) is 4.98 Å². The molecule has 0 unspecified atom stereocenters. The van der Waals surface area contributed by atoms with E-state index in [0.29, 0.717) is 17.6 Å². The number of aliphatic imine (C=N–C) groups is 1. The number of nitrogens with zero attached hydrogens (tertiary/aromatic N) is 2. The van der Waals surface area contributed by atoms with Crippen LogP contribution in [0, 0.1) is 11.2 Å². The molecule has 0 atom stereocenters. The molecule has 1 aromatic carbocycles. The highest BCUT2D eigenvalue weighted by atomic mass is 32.3. The van der Waals surface area contributed by atoms with Crippen LogP contribution in [0.4, 0.5) is 13.2 Å². The Hall–Kier alpha value is -2.20. The fourth-order valence-electron chi connectivity index (χ4n) is 1.96. The molecule has 7 heteroatoms. The lowest BCUT2D eigenvalue weighted by molar-refractivity contribution is -0.137. The van der Waals surface area contributed by atoms with E-state index in [-0.39, 0.29) is 11.4 Å². The Morgan fingerprint density at radius 2 is 2.04 bits per heavy atom. The van der Waals surface area contributed by atoms with Crippen LogP contribution in [0.3, 0.4) is 0 Å². The van der Waals surface area contributed by atoms with E-state index in [0.717, 1.165) is 12.1 Å². The first-order valence-electron chi connectivity index (χ1n) is 7.37. The monoisotopic (exact) mass is 368 g/mol. The van der Waals surface area contributed by atoms with Crippen LogP contribution < -0.4 is 0 Å². The molecule has 0 radical (unpaired) electrons. The Labute approximate surface area is 146 Å². The van der Waals surface area contributed by atoms with Gasteiger partial charge in [-0.25, -0.2) is 4.98 Å². The first kappa shape index (κ1) is 19.1. The zero-order chi connectivity index (χ0) is 18.7. The van der Waals surface area contributed by atoms with Crippen LogP contribution >= 0.6 is 10.0 Å². The average Bonchev–Trinajstić information content (AvgIpc) is 2.91. The number of hydrogen-bond acceptors (Lipinski definition) is 3. The van der Waals surface area contributed by atoms with Crippen molar-refractivity contribution >= 4 is 32.9 Å². The Morgan fingerprint density at radius 3 is 2.64 bits per heavy atom. The molecule has 2 rings (SSSR count). The first-order valence-corrected chi connectivity index (χ1v) is 10.2. The third kappa shape index (κ3) is 5.40. The summed E-state index contributed by atoms with van der Waals surface area (Å²) in [6.07, 6.45) is 5.50. The van der Waals surface area contributed by atoms with E-state index in [1.54, 1.807) is 19.3 Å². The topological polar surface area (TPSA) is 38.4 Å². The predicted octanol–water partition coefficient (Wildman–Crippen LogP) is 4.98. The number of fused-ring (bicyclic) bond motifs is 1. The summed E-state index contributed by atoms with van der Waals surface area (Å²) in [7, 11) is 0.659. The van der Waals surface area contributed by atoms with E-state index in [1.165, 1.54) is 6.07 Å². The second kappa shape index (κ2) is 7.36. The smallest absolute Gasteiger partial charge is 0.416 e. The van der Waals surface area contributed by atoms with E-state index in [1.807, 2.05) is 0 Å². The molecule has 0 spiro atoms. The lowest BCUT2D eigenvalue weighted by Crippen LogP contribution is -2.03. The number of halogens is 3. The minimum Gasteiger partial charge on any atom is -0.436 e. The van der Waals surface area contributed by atoms with Gasteiger partial charge >= 0.3 is 6.18 Å². The quantitative estimate of drug-likeness (QED) is 0.566. The molecule has 0 N–H and O–H groups in total. The standard InChI is InChI=1S/C18H19F3N2OS/c1-22-10-9-13(6-5-11-25(2,3)4)17-23-15-12-14(18(19,20)21)7-8-16(15)24-17/h7-10,12H,6H2,1-4H3/b13-9+,22-10-. The molecule has 1 heterocycles. The molecule has 2 aromatic rings. The zero-order valence-corrected chi connectivity index (χ0v) is 15.3. The van der Waals surface area contributed by atoms with E-state index < -0.39 is 21.8 Å². The van der Waals surface area contributed by atoms with Gasteiger partial charge in [-0.1, -0.05) is 11.2 Å². The summed E-state index contributed by atoms with van der Waals surface area (Å²) in [6.45, 7) is 0. The lowest BCUT2D eigenvalue weighted by Gasteiger charge is -2.14. The largest absolute Gasteiger partial charge is 0.436 e. The second-order valence-corrected chi connectivity index (χ2v) is 9.97. The number of rotatable bonds is 3. The molecule has 0 aliphatic rings. The van der Waals surface area contributed by atoms with Gasteiger partial charge in [0.05, 0.1) is 5.56 Å². The van der Waals surface area contributed by atoms with Crippen molar-refractivity contribution in [3.05, 3.63) is 35.7 Å². The summed E-state index contributed by atoms with van der Waals surface area (Å²) in [6, 6.07) is 3.25. The summed E-state index contributed by atoms with van der Waals surface area (Å²) >= 11 is 0. The predicted molar refractivity (Wildman–Crippen MR) is 99.2 cm³/mol. The number of alkyl halides is 3. The Morgan fingerprint density at radius 1 is 1.32 bits per heavy atom. The number of aromatic nitrogens is 1. The maximum absolute atomic E-state index is 12.8. The van der Waals surface area contributed by atoms with Crippen LogP contribution in [-0.4, -0.2) is 37.0 Å². The van der Waals surface area contributed by atoms with Gasteiger partial charge in [0.15, 0.2) is 5.58 Å². The van der Waals surface area contributed by atoms with Crippen molar-refractivity contribution in [2.75, 3.05) is 25.8 Å². The van der Waals surface area contributed by atoms with E-state index in [9.17, 15) is 13.2 Å². The van der Waals surface area contributed by atoms with Crippen LogP contribution in [0.5, 0.6) is 0 Å². The fourth-order valence-corrected chi connectivity index (χ4v) is 2.46. The Kier molecular flexibility index (Phi) is 5.63. The van der Waals surface area contributed by atoms with E-state index >= 15 is 0 Å². The number of hydrogen-bond donors (Lipinski definition) is 0. The Bertz CT molecular complexity index is 878. The van der Waals surface area contributed by atoms with Crippen molar-refractivity contribution in [3.8, 4) is 11.2 Å². The molecule has 0 bridgehead atoms. The maximum Gasteiger partial charge on any atom is 0.416 e. The number of allylic oxidation sites excluding steroid dienone is 2. The van der Waals surface area contributed by atoms with Crippen LogP contribution in [0.2, 0.25) is 0 Å². The van der Waals surface area contributed by atoms with Gasteiger partial charge in [0, 0.05) is 25.3 Å². The highest BCUT2D eigenvalue weighted by Gasteiger charge is 2.31. The van der Waals surface area contributed by atoms with Crippen LogP contribution in [0.1, 0.15) is 17.9 Å². The van der Waals surface area contributed by atoms with Gasteiger partial charge in [0.25, 0.3) is 0 Å². The van der Waals surface area contributed by atoms with Crippen molar-refractivity contribution in [2.24, 2.45) is 4.99 Å². The zero-order valence-electron chi connectivity index (χ0n) is 14.4. The van der Waals surface area contributed by atoms with Gasteiger partial charge in [-0.05, 0) is 43.0 Å².